The third-order valence-corrected chi connectivity index (χ3v) is 3.54. The Hall–Kier alpha value is -1.92. The number of Topliss-reactive ketones (excluding diaryl/α,β-unsaturated/α-hetero) is 1. The average molecular weight is 312 g/mol. The van der Waals surface area contributed by atoms with E-state index < -0.39 is 24.0 Å². The van der Waals surface area contributed by atoms with Gasteiger partial charge >= 0.3 is 12.0 Å². The molecule has 1 atom stereocenters. The highest BCUT2D eigenvalue weighted by molar-refractivity contribution is 5.97. The number of imide groups is 1. The van der Waals surface area contributed by atoms with Gasteiger partial charge in [-0.1, -0.05) is 19.3 Å². The second kappa shape index (κ2) is 9.17. The molecule has 0 bridgehead atoms. The van der Waals surface area contributed by atoms with E-state index in [1.165, 1.54) is 20.3 Å². The second-order valence-corrected chi connectivity index (χ2v) is 5.63. The van der Waals surface area contributed by atoms with Gasteiger partial charge in [-0.2, -0.15) is 0 Å². The Kier molecular flexibility index (Phi) is 7.56. The van der Waals surface area contributed by atoms with Crippen LogP contribution in [0.1, 0.15) is 58.8 Å². The van der Waals surface area contributed by atoms with Gasteiger partial charge < -0.3 is 14.8 Å². The molecule has 22 heavy (non-hydrogen) atoms. The zero-order chi connectivity index (χ0) is 16.5. The average Bonchev–Trinajstić information content (AvgIpc) is 2.45. The van der Waals surface area contributed by atoms with Crippen molar-refractivity contribution in [3.63, 3.8) is 0 Å². The number of ether oxygens (including phenoxy) is 1. The lowest BCUT2D eigenvalue weighted by Gasteiger charge is -2.23. The molecule has 2 N–H and O–H groups in total. The number of nitrogens with one attached hydrogen (secondary N) is 2. The van der Waals surface area contributed by atoms with Crippen molar-refractivity contribution >= 4 is 23.7 Å². The Morgan fingerprint density at radius 2 is 1.73 bits per heavy atom. The van der Waals surface area contributed by atoms with Gasteiger partial charge in [0.25, 0.3) is 5.91 Å². The van der Waals surface area contributed by atoms with E-state index in [0.717, 1.165) is 25.7 Å². The molecule has 1 aliphatic rings. The summed E-state index contributed by atoms with van der Waals surface area (Å²) in [5.74, 6) is -1.43. The molecular weight excluding hydrogens is 288 g/mol. The van der Waals surface area contributed by atoms with Gasteiger partial charge in [0.15, 0.2) is 6.10 Å². The van der Waals surface area contributed by atoms with Crippen LogP contribution in [0.15, 0.2) is 0 Å². The van der Waals surface area contributed by atoms with Crippen molar-refractivity contribution in [1.82, 2.24) is 10.6 Å². The first-order valence-electron chi connectivity index (χ1n) is 7.68. The third-order valence-electron chi connectivity index (χ3n) is 3.54. The molecule has 7 nitrogen and oxygen atoms in total. The number of urea groups is 1. The Bertz CT molecular complexity index is 430. The topological polar surface area (TPSA) is 102 Å². The van der Waals surface area contributed by atoms with Crippen LogP contribution in [0.25, 0.3) is 0 Å². The van der Waals surface area contributed by atoms with Crippen molar-refractivity contribution in [2.24, 2.45) is 0 Å². The van der Waals surface area contributed by atoms with Gasteiger partial charge in [-0.25, -0.2) is 4.79 Å². The van der Waals surface area contributed by atoms with E-state index in [2.05, 4.69) is 10.6 Å². The summed E-state index contributed by atoms with van der Waals surface area (Å²) in [6.07, 6.45) is 4.08. The molecule has 0 heterocycles. The number of ketones is 1. The fraction of sp³-hybridized carbons (Fsp3) is 0.733. The monoisotopic (exact) mass is 312 g/mol. The van der Waals surface area contributed by atoms with Gasteiger partial charge in [-0.3, -0.25) is 14.9 Å². The van der Waals surface area contributed by atoms with Gasteiger partial charge in [0.1, 0.15) is 5.78 Å². The SMILES string of the molecule is CC(=O)CCC(=O)O[C@H](C)C(=O)NC(=O)NC1CCCCC1. The van der Waals surface area contributed by atoms with Crippen LogP contribution in [0.4, 0.5) is 4.79 Å². The van der Waals surface area contributed by atoms with Crippen LogP contribution in [0.3, 0.4) is 0 Å². The maximum Gasteiger partial charge on any atom is 0.321 e. The van der Waals surface area contributed by atoms with Crippen LogP contribution in [0, 0.1) is 0 Å². The molecule has 3 amide bonds. The second-order valence-electron chi connectivity index (χ2n) is 5.63. The molecule has 1 saturated carbocycles. The predicted octanol–water partition coefficient (Wildman–Crippen LogP) is 1.45. The maximum absolute atomic E-state index is 11.8. The first kappa shape index (κ1) is 18.1. The number of esters is 1. The molecule has 0 aliphatic heterocycles. The summed E-state index contributed by atoms with van der Waals surface area (Å²) in [4.78, 5) is 45.6. The van der Waals surface area contributed by atoms with E-state index in [0.29, 0.717) is 0 Å². The summed E-state index contributed by atoms with van der Waals surface area (Å²) >= 11 is 0. The molecule has 0 spiro atoms. The minimum atomic E-state index is -1.07. The van der Waals surface area contributed by atoms with Crippen LogP contribution in [-0.2, 0) is 19.1 Å². The van der Waals surface area contributed by atoms with E-state index >= 15 is 0 Å². The number of rotatable bonds is 6. The van der Waals surface area contributed by atoms with E-state index in [4.69, 9.17) is 4.74 Å². The lowest BCUT2D eigenvalue weighted by molar-refractivity contribution is -0.154. The van der Waals surface area contributed by atoms with E-state index in [1.807, 2.05) is 0 Å². The van der Waals surface area contributed by atoms with Crippen LogP contribution in [-0.4, -0.2) is 35.8 Å². The normalized spacial score (nSPS) is 16.5. The lowest BCUT2D eigenvalue weighted by Crippen LogP contribution is -2.48. The minimum Gasteiger partial charge on any atom is -0.453 e. The van der Waals surface area contributed by atoms with E-state index in [1.54, 1.807) is 0 Å². The Morgan fingerprint density at radius 1 is 1.09 bits per heavy atom. The van der Waals surface area contributed by atoms with Crippen LogP contribution in [0.5, 0.6) is 0 Å². The van der Waals surface area contributed by atoms with Gasteiger partial charge in [0.05, 0.1) is 6.42 Å². The quantitative estimate of drug-likeness (QED) is 0.723. The molecule has 1 fully saturated rings. The molecule has 0 aromatic rings. The van der Waals surface area contributed by atoms with E-state index in [9.17, 15) is 19.2 Å². The van der Waals surface area contributed by atoms with Crippen molar-refractivity contribution in [1.29, 1.82) is 0 Å². The van der Waals surface area contributed by atoms with Gasteiger partial charge in [0.2, 0.25) is 0 Å². The largest absolute Gasteiger partial charge is 0.453 e. The van der Waals surface area contributed by atoms with Crippen molar-refractivity contribution in [3.8, 4) is 0 Å². The third kappa shape index (κ3) is 7.19. The molecule has 0 aromatic carbocycles. The first-order chi connectivity index (χ1) is 10.4. The Morgan fingerprint density at radius 3 is 2.32 bits per heavy atom. The standard InChI is InChI=1S/C15H24N2O5/c1-10(18)8-9-13(19)22-11(2)14(20)17-15(21)16-12-6-4-3-5-7-12/h11-12H,3-9H2,1-2H3,(H2,16,17,20,21)/t11-/m1/s1. The minimum absolute atomic E-state index is 0.0682. The molecule has 124 valence electrons. The highest BCUT2D eigenvalue weighted by Crippen LogP contribution is 2.17. The smallest absolute Gasteiger partial charge is 0.321 e. The number of carbonyl (C=O) groups is 4. The van der Waals surface area contributed by atoms with Crippen molar-refractivity contribution in [2.75, 3.05) is 0 Å². The summed E-state index contributed by atoms with van der Waals surface area (Å²) < 4.78 is 4.87. The van der Waals surface area contributed by atoms with Gasteiger partial charge in [0, 0.05) is 12.5 Å². The molecule has 0 unspecified atom stereocenters. The fourth-order valence-corrected chi connectivity index (χ4v) is 2.27. The zero-order valence-corrected chi connectivity index (χ0v) is 13.1. The molecule has 7 heteroatoms. The van der Waals surface area contributed by atoms with Crippen molar-refractivity contribution < 1.29 is 23.9 Å². The molecule has 0 radical (unpaired) electrons. The summed E-state index contributed by atoms with van der Waals surface area (Å²) in [6, 6.07) is -0.474. The highest BCUT2D eigenvalue weighted by Gasteiger charge is 2.22. The highest BCUT2D eigenvalue weighted by atomic mass is 16.5. The van der Waals surface area contributed by atoms with Gasteiger partial charge in [-0.05, 0) is 26.7 Å². The predicted molar refractivity (Wildman–Crippen MR) is 79.0 cm³/mol. The molecule has 1 aliphatic carbocycles. The van der Waals surface area contributed by atoms with Crippen LogP contribution < -0.4 is 10.6 Å². The van der Waals surface area contributed by atoms with Crippen molar-refractivity contribution in [2.45, 2.75) is 70.9 Å². The summed E-state index contributed by atoms with van der Waals surface area (Å²) in [7, 11) is 0. The van der Waals surface area contributed by atoms with Crippen LogP contribution >= 0.6 is 0 Å². The number of hydrogen-bond acceptors (Lipinski definition) is 5. The molecular formula is C15H24N2O5. The number of amides is 3. The molecule has 0 aromatic heterocycles. The lowest BCUT2D eigenvalue weighted by atomic mass is 9.96. The Labute approximate surface area is 130 Å². The Balaban J connectivity index is 2.28. The first-order valence-corrected chi connectivity index (χ1v) is 7.68. The molecule has 1 rings (SSSR count). The van der Waals surface area contributed by atoms with Crippen LogP contribution in [0.2, 0.25) is 0 Å². The summed E-state index contributed by atoms with van der Waals surface area (Å²) in [5, 5.41) is 4.91. The van der Waals surface area contributed by atoms with Gasteiger partial charge in [-0.15, -0.1) is 0 Å². The van der Waals surface area contributed by atoms with Crippen molar-refractivity contribution in [3.05, 3.63) is 0 Å². The molecule has 0 saturated heterocycles. The van der Waals surface area contributed by atoms with E-state index in [-0.39, 0.29) is 24.7 Å². The summed E-state index contributed by atoms with van der Waals surface area (Å²) in [5.41, 5.74) is 0. The fourth-order valence-electron chi connectivity index (χ4n) is 2.27. The number of hydrogen-bond donors (Lipinski definition) is 2. The zero-order valence-electron chi connectivity index (χ0n) is 13.1. The summed E-state index contributed by atoms with van der Waals surface area (Å²) in [6.45, 7) is 2.76. The maximum atomic E-state index is 11.8. The number of carbonyl (C=O) groups excluding carboxylic acids is 4.